The third-order valence-electron chi connectivity index (χ3n) is 3.97. The predicted molar refractivity (Wildman–Crippen MR) is 103 cm³/mol. The zero-order valence-corrected chi connectivity index (χ0v) is 16.0. The molecule has 2 N–H and O–H groups in total. The number of fused-ring (bicyclic) bond motifs is 1. The van der Waals surface area contributed by atoms with Gasteiger partial charge in [0.1, 0.15) is 0 Å². The molecule has 144 valence electrons. The lowest BCUT2D eigenvalue weighted by molar-refractivity contribution is -0.113. The lowest BCUT2D eigenvalue weighted by atomic mass is 10.2. The number of benzene rings is 1. The Bertz CT molecular complexity index is 1080. The van der Waals surface area contributed by atoms with Gasteiger partial charge in [-0.05, 0) is 25.1 Å². The fourth-order valence-electron chi connectivity index (χ4n) is 2.70. The van der Waals surface area contributed by atoms with Crippen LogP contribution in [0.5, 0.6) is 0 Å². The highest BCUT2D eigenvalue weighted by molar-refractivity contribution is 8.00. The molecule has 0 fully saturated rings. The second-order valence-electron chi connectivity index (χ2n) is 5.87. The quantitative estimate of drug-likeness (QED) is 0.665. The molecule has 1 aromatic carbocycles. The minimum Gasteiger partial charge on any atom is -0.324 e. The van der Waals surface area contributed by atoms with Crippen LogP contribution in [-0.2, 0) is 4.79 Å². The van der Waals surface area contributed by atoms with E-state index in [9.17, 15) is 18.4 Å². The molecule has 1 aliphatic rings. The number of hydrogen-bond acceptors (Lipinski definition) is 6. The van der Waals surface area contributed by atoms with Gasteiger partial charge in [-0.2, -0.15) is 8.78 Å². The Hall–Kier alpha value is -2.79. The van der Waals surface area contributed by atoms with Crippen LogP contribution < -0.4 is 10.6 Å². The Morgan fingerprint density at radius 1 is 1.39 bits per heavy atom. The fourth-order valence-corrected chi connectivity index (χ4v) is 4.45. The van der Waals surface area contributed by atoms with E-state index in [0.29, 0.717) is 27.6 Å². The number of anilines is 2. The standard InChI is InChI=1S/C17H13F2N5O2S2/c1-8-13(14-20-4-5-24(14)16(18)19)28-17(21-8)23-15(26)9-2-3-11-10(6-9)22-12(25)7-27-11/h2-6,16H,7H2,1H3,(H,22,25)(H,21,23,26). The molecule has 0 saturated heterocycles. The maximum Gasteiger partial charge on any atom is 0.320 e. The van der Waals surface area contributed by atoms with Crippen LogP contribution in [0.3, 0.4) is 0 Å². The highest BCUT2D eigenvalue weighted by Crippen LogP contribution is 2.35. The summed E-state index contributed by atoms with van der Waals surface area (Å²) in [7, 11) is 0. The van der Waals surface area contributed by atoms with Gasteiger partial charge in [0, 0.05) is 22.9 Å². The minimum atomic E-state index is -2.72. The first kappa shape index (κ1) is 18.6. The van der Waals surface area contributed by atoms with Crippen LogP contribution >= 0.6 is 23.1 Å². The summed E-state index contributed by atoms with van der Waals surface area (Å²) < 4.78 is 26.9. The second kappa shape index (κ2) is 7.32. The zero-order chi connectivity index (χ0) is 19.8. The molecule has 0 radical (unpaired) electrons. The maximum atomic E-state index is 13.1. The van der Waals surface area contributed by atoms with Crippen molar-refractivity contribution in [1.29, 1.82) is 0 Å². The number of rotatable bonds is 4. The van der Waals surface area contributed by atoms with Gasteiger partial charge in [-0.25, -0.2) is 9.97 Å². The molecule has 0 unspecified atom stereocenters. The van der Waals surface area contributed by atoms with Crippen molar-refractivity contribution in [3.05, 3.63) is 41.9 Å². The molecule has 7 nitrogen and oxygen atoms in total. The Labute approximate surface area is 166 Å². The van der Waals surface area contributed by atoms with E-state index >= 15 is 0 Å². The van der Waals surface area contributed by atoms with Crippen LogP contribution in [0.4, 0.5) is 19.6 Å². The van der Waals surface area contributed by atoms with Gasteiger partial charge in [-0.15, -0.1) is 11.8 Å². The first-order chi connectivity index (χ1) is 13.4. The van der Waals surface area contributed by atoms with Crippen LogP contribution in [0.2, 0.25) is 0 Å². The highest BCUT2D eigenvalue weighted by atomic mass is 32.2. The average molecular weight is 421 g/mol. The number of carbonyl (C=O) groups excluding carboxylic acids is 2. The lowest BCUT2D eigenvalue weighted by Crippen LogP contribution is -2.19. The van der Waals surface area contributed by atoms with E-state index in [2.05, 4.69) is 20.6 Å². The molecule has 4 rings (SSSR count). The molecule has 0 spiro atoms. The molecule has 2 amide bonds. The number of nitrogens with one attached hydrogen (secondary N) is 2. The Balaban J connectivity index is 1.57. The van der Waals surface area contributed by atoms with Gasteiger partial charge < -0.3 is 5.32 Å². The van der Waals surface area contributed by atoms with E-state index in [0.717, 1.165) is 20.8 Å². The van der Waals surface area contributed by atoms with Crippen LogP contribution in [0, 0.1) is 6.92 Å². The van der Waals surface area contributed by atoms with Crippen LogP contribution in [0.1, 0.15) is 22.6 Å². The second-order valence-corrected chi connectivity index (χ2v) is 7.89. The number of carbonyl (C=O) groups is 2. The van der Waals surface area contributed by atoms with Crippen molar-refractivity contribution in [2.75, 3.05) is 16.4 Å². The van der Waals surface area contributed by atoms with Crippen LogP contribution in [0.25, 0.3) is 10.7 Å². The summed E-state index contributed by atoms with van der Waals surface area (Å²) in [6.45, 7) is -1.06. The van der Waals surface area contributed by atoms with E-state index in [-0.39, 0.29) is 16.9 Å². The van der Waals surface area contributed by atoms with Gasteiger partial charge in [-0.3, -0.25) is 19.5 Å². The summed E-state index contributed by atoms with van der Waals surface area (Å²) in [5, 5.41) is 5.68. The van der Waals surface area contributed by atoms with Crippen LogP contribution in [0.15, 0.2) is 35.5 Å². The largest absolute Gasteiger partial charge is 0.324 e. The topological polar surface area (TPSA) is 88.9 Å². The Morgan fingerprint density at radius 2 is 2.21 bits per heavy atom. The maximum absolute atomic E-state index is 13.1. The van der Waals surface area contributed by atoms with Crippen molar-refractivity contribution in [3.8, 4) is 10.7 Å². The van der Waals surface area contributed by atoms with Gasteiger partial charge in [0.15, 0.2) is 11.0 Å². The third kappa shape index (κ3) is 3.50. The van der Waals surface area contributed by atoms with Crippen molar-refractivity contribution in [3.63, 3.8) is 0 Å². The number of halogens is 2. The van der Waals surface area contributed by atoms with Crippen LogP contribution in [-0.4, -0.2) is 32.1 Å². The van der Waals surface area contributed by atoms with Crippen molar-refractivity contribution >= 4 is 45.7 Å². The molecular formula is C17H13F2N5O2S2. The minimum absolute atomic E-state index is 0.0963. The van der Waals surface area contributed by atoms with E-state index in [4.69, 9.17) is 0 Å². The zero-order valence-electron chi connectivity index (χ0n) is 14.4. The van der Waals surface area contributed by atoms with Gasteiger partial charge in [0.2, 0.25) is 5.91 Å². The summed E-state index contributed by atoms with van der Waals surface area (Å²) in [5.74, 6) is -0.0948. The van der Waals surface area contributed by atoms with Crippen molar-refractivity contribution in [2.24, 2.45) is 0 Å². The summed E-state index contributed by atoms with van der Waals surface area (Å²) in [6, 6.07) is 5.02. The monoisotopic (exact) mass is 421 g/mol. The predicted octanol–water partition coefficient (Wildman–Crippen LogP) is 4.01. The molecule has 0 atom stereocenters. The number of aromatic nitrogens is 3. The smallest absolute Gasteiger partial charge is 0.320 e. The average Bonchev–Trinajstić information content (AvgIpc) is 3.27. The first-order valence-electron chi connectivity index (χ1n) is 8.09. The first-order valence-corrected chi connectivity index (χ1v) is 9.89. The van der Waals surface area contributed by atoms with E-state index in [1.54, 1.807) is 25.1 Å². The van der Waals surface area contributed by atoms with Gasteiger partial charge in [0.05, 0.1) is 22.0 Å². The molecule has 11 heteroatoms. The number of nitrogens with zero attached hydrogens (tertiary/aromatic N) is 3. The van der Waals surface area contributed by atoms with E-state index in [1.165, 1.54) is 24.2 Å². The molecule has 3 heterocycles. The van der Waals surface area contributed by atoms with Crippen molar-refractivity contribution in [2.45, 2.75) is 18.4 Å². The molecule has 0 bridgehead atoms. The number of amides is 2. The van der Waals surface area contributed by atoms with Gasteiger partial charge >= 0.3 is 6.55 Å². The highest BCUT2D eigenvalue weighted by Gasteiger charge is 2.21. The number of aryl methyl sites for hydroxylation is 1. The molecule has 0 saturated carbocycles. The summed E-state index contributed by atoms with van der Waals surface area (Å²) in [6.07, 6.45) is 2.48. The molecular weight excluding hydrogens is 408 g/mol. The van der Waals surface area contributed by atoms with Gasteiger partial charge in [0.25, 0.3) is 5.91 Å². The molecule has 3 aromatic rings. The molecule has 0 aliphatic carbocycles. The van der Waals surface area contributed by atoms with Gasteiger partial charge in [-0.1, -0.05) is 11.3 Å². The summed E-state index contributed by atoms with van der Waals surface area (Å²) in [5.41, 5.74) is 1.43. The molecule has 2 aromatic heterocycles. The third-order valence-corrected chi connectivity index (χ3v) is 6.12. The molecule has 1 aliphatic heterocycles. The number of imidazole rings is 1. The van der Waals surface area contributed by atoms with E-state index < -0.39 is 12.5 Å². The molecule has 28 heavy (non-hydrogen) atoms. The van der Waals surface area contributed by atoms with E-state index in [1.807, 2.05) is 0 Å². The number of alkyl halides is 2. The Kier molecular flexibility index (Phi) is 4.85. The van der Waals surface area contributed by atoms with Crippen molar-refractivity contribution < 1.29 is 18.4 Å². The fraction of sp³-hybridized carbons (Fsp3) is 0.176. The lowest BCUT2D eigenvalue weighted by Gasteiger charge is -2.16. The SMILES string of the molecule is Cc1nc(NC(=O)c2ccc3c(c2)NC(=O)CS3)sc1-c1nccn1C(F)F. The normalized spacial score (nSPS) is 13.4. The number of thioether (sulfide) groups is 1. The number of thiazole rings is 1. The number of hydrogen-bond donors (Lipinski definition) is 2. The summed E-state index contributed by atoms with van der Waals surface area (Å²) >= 11 is 2.47. The summed E-state index contributed by atoms with van der Waals surface area (Å²) in [4.78, 5) is 33.6. The van der Waals surface area contributed by atoms with Crippen molar-refractivity contribution in [1.82, 2.24) is 14.5 Å². The Morgan fingerprint density at radius 3 is 3.00 bits per heavy atom.